The van der Waals surface area contributed by atoms with E-state index in [1.165, 1.54) is 38.2 Å². The van der Waals surface area contributed by atoms with Crippen molar-refractivity contribution in [1.82, 2.24) is 5.32 Å². The third-order valence-corrected chi connectivity index (χ3v) is 7.04. The molecular weight excluding hydrogens is 364 g/mol. The first-order chi connectivity index (χ1) is 11.6. The Hall–Kier alpha value is -2.39. The normalized spacial score (nSPS) is 12.4. The number of rotatable bonds is 6. The fourth-order valence-electron chi connectivity index (χ4n) is 2.28. The molecule has 25 heavy (non-hydrogen) atoms. The Balaban J connectivity index is 2.38. The number of hydrogen-bond acceptors (Lipinski definition) is 5. The molecule has 0 saturated carbocycles. The molecule has 1 heterocycles. The van der Waals surface area contributed by atoms with Crippen LogP contribution in [0.1, 0.15) is 35.1 Å². The predicted molar refractivity (Wildman–Crippen MR) is 95.5 cm³/mol. The van der Waals surface area contributed by atoms with Crippen molar-refractivity contribution in [2.75, 3.05) is 11.4 Å². The molecule has 0 aliphatic heterocycles. The maximum Gasteiger partial charge on any atom is 0.337 e. The number of carboxylic acids is 1. The number of para-hydroxylation sites is 1. The smallest absolute Gasteiger partial charge is 0.337 e. The van der Waals surface area contributed by atoms with Gasteiger partial charge in [0, 0.05) is 18.8 Å². The number of thiophene rings is 1. The summed E-state index contributed by atoms with van der Waals surface area (Å²) in [6.07, 6.45) is 0. The zero-order valence-electron chi connectivity index (χ0n) is 13.9. The van der Waals surface area contributed by atoms with Gasteiger partial charge in [-0.3, -0.25) is 9.10 Å². The number of amides is 1. The Morgan fingerprint density at radius 2 is 1.84 bits per heavy atom. The molecule has 134 valence electrons. The maximum atomic E-state index is 12.8. The van der Waals surface area contributed by atoms with E-state index < -0.39 is 16.0 Å². The van der Waals surface area contributed by atoms with Crippen LogP contribution in [0, 0.1) is 0 Å². The lowest BCUT2D eigenvalue weighted by molar-refractivity contribution is -0.119. The van der Waals surface area contributed by atoms with Gasteiger partial charge in [-0.1, -0.05) is 12.1 Å². The van der Waals surface area contributed by atoms with Crippen LogP contribution in [0.2, 0.25) is 0 Å². The van der Waals surface area contributed by atoms with Crippen LogP contribution in [0.5, 0.6) is 0 Å². The van der Waals surface area contributed by atoms with Gasteiger partial charge in [-0.05, 0) is 31.2 Å². The van der Waals surface area contributed by atoms with Gasteiger partial charge in [0.1, 0.15) is 4.21 Å². The molecular formula is C16H18N2O5S2. The summed E-state index contributed by atoms with van der Waals surface area (Å²) in [4.78, 5) is 23.2. The van der Waals surface area contributed by atoms with Gasteiger partial charge in [0.2, 0.25) is 5.91 Å². The molecule has 1 unspecified atom stereocenters. The van der Waals surface area contributed by atoms with Crippen molar-refractivity contribution in [3.05, 3.63) is 46.8 Å². The van der Waals surface area contributed by atoms with Crippen LogP contribution in [0.4, 0.5) is 5.69 Å². The van der Waals surface area contributed by atoms with Crippen molar-refractivity contribution in [3.8, 4) is 0 Å². The SMILES string of the molecule is CC(=O)NC(C)c1ccc(S(=O)(=O)N(C)c2ccccc2C(=O)O)s1. The first kappa shape index (κ1) is 18.9. The molecule has 2 N–H and O–H groups in total. The van der Waals surface area contributed by atoms with E-state index >= 15 is 0 Å². The average Bonchev–Trinajstić information content (AvgIpc) is 3.04. The molecule has 1 aromatic carbocycles. The standard InChI is InChI=1S/C16H18N2O5S2/c1-10(17-11(2)19)14-8-9-15(24-14)25(22,23)18(3)13-7-5-4-6-12(13)16(20)21/h4-10H,1-3H3,(H,17,19)(H,20,21). The topological polar surface area (TPSA) is 104 Å². The second kappa shape index (κ2) is 7.24. The number of nitrogens with zero attached hydrogens (tertiary/aromatic N) is 1. The molecule has 0 aliphatic carbocycles. The molecule has 1 aromatic heterocycles. The fraction of sp³-hybridized carbons (Fsp3) is 0.250. The minimum Gasteiger partial charge on any atom is -0.478 e. The molecule has 0 aliphatic rings. The molecule has 7 nitrogen and oxygen atoms in total. The first-order valence-electron chi connectivity index (χ1n) is 7.32. The summed E-state index contributed by atoms with van der Waals surface area (Å²) in [5.41, 5.74) is -0.0168. The Kier molecular flexibility index (Phi) is 5.48. The Morgan fingerprint density at radius 1 is 1.20 bits per heavy atom. The van der Waals surface area contributed by atoms with Crippen molar-refractivity contribution in [1.29, 1.82) is 0 Å². The van der Waals surface area contributed by atoms with Gasteiger partial charge >= 0.3 is 5.97 Å². The minimum absolute atomic E-state index is 0.0717. The van der Waals surface area contributed by atoms with E-state index in [2.05, 4.69) is 5.32 Å². The van der Waals surface area contributed by atoms with Crippen molar-refractivity contribution in [2.24, 2.45) is 0 Å². The highest BCUT2D eigenvalue weighted by molar-refractivity contribution is 7.94. The van der Waals surface area contributed by atoms with E-state index in [9.17, 15) is 23.1 Å². The molecule has 1 atom stereocenters. The van der Waals surface area contributed by atoms with E-state index in [4.69, 9.17) is 0 Å². The largest absolute Gasteiger partial charge is 0.478 e. The summed E-state index contributed by atoms with van der Waals surface area (Å²) in [5.74, 6) is -1.42. The van der Waals surface area contributed by atoms with Gasteiger partial charge in [0.25, 0.3) is 10.0 Å². The molecule has 0 fully saturated rings. The first-order valence-corrected chi connectivity index (χ1v) is 9.58. The lowest BCUT2D eigenvalue weighted by Crippen LogP contribution is -2.27. The molecule has 1 amide bonds. The molecule has 0 saturated heterocycles. The van der Waals surface area contributed by atoms with Gasteiger partial charge in [0.15, 0.2) is 0 Å². The third-order valence-electron chi connectivity index (χ3n) is 3.54. The van der Waals surface area contributed by atoms with Gasteiger partial charge < -0.3 is 10.4 Å². The second-order valence-corrected chi connectivity index (χ2v) is 8.69. The lowest BCUT2D eigenvalue weighted by atomic mass is 10.2. The summed E-state index contributed by atoms with van der Waals surface area (Å²) >= 11 is 1.04. The Bertz CT molecular complexity index is 905. The highest BCUT2D eigenvalue weighted by atomic mass is 32.2. The summed E-state index contributed by atoms with van der Waals surface area (Å²) in [5, 5.41) is 11.9. The molecule has 0 radical (unpaired) electrons. The summed E-state index contributed by atoms with van der Waals surface area (Å²) in [6.45, 7) is 3.14. The molecule has 0 bridgehead atoms. The monoisotopic (exact) mass is 382 g/mol. The van der Waals surface area contributed by atoms with Crippen LogP contribution in [-0.2, 0) is 14.8 Å². The van der Waals surface area contributed by atoms with Crippen LogP contribution in [-0.4, -0.2) is 32.4 Å². The van der Waals surface area contributed by atoms with Crippen LogP contribution < -0.4 is 9.62 Å². The van der Waals surface area contributed by atoms with Gasteiger partial charge in [0.05, 0.1) is 17.3 Å². The summed E-state index contributed by atoms with van der Waals surface area (Å²) < 4.78 is 26.7. The highest BCUT2D eigenvalue weighted by Crippen LogP contribution is 2.31. The number of carbonyl (C=O) groups excluding carboxylic acids is 1. The van der Waals surface area contributed by atoms with Crippen molar-refractivity contribution in [2.45, 2.75) is 24.1 Å². The zero-order valence-corrected chi connectivity index (χ0v) is 15.5. The second-order valence-electron chi connectivity index (χ2n) is 5.37. The van der Waals surface area contributed by atoms with E-state index in [-0.39, 0.29) is 27.4 Å². The molecule has 2 rings (SSSR count). The number of aromatic carboxylic acids is 1. The van der Waals surface area contributed by atoms with Crippen LogP contribution in [0.25, 0.3) is 0 Å². The Morgan fingerprint density at radius 3 is 2.44 bits per heavy atom. The average molecular weight is 382 g/mol. The van der Waals surface area contributed by atoms with E-state index in [0.29, 0.717) is 4.88 Å². The maximum absolute atomic E-state index is 12.8. The van der Waals surface area contributed by atoms with Gasteiger partial charge in [-0.15, -0.1) is 11.3 Å². The van der Waals surface area contributed by atoms with Crippen LogP contribution in [0.3, 0.4) is 0 Å². The number of anilines is 1. The lowest BCUT2D eigenvalue weighted by Gasteiger charge is -2.20. The molecule has 9 heteroatoms. The van der Waals surface area contributed by atoms with Gasteiger partial charge in [-0.2, -0.15) is 0 Å². The summed E-state index contributed by atoms with van der Waals surface area (Å²) in [6, 6.07) is 8.67. The minimum atomic E-state index is -3.91. The van der Waals surface area contributed by atoms with E-state index in [0.717, 1.165) is 15.6 Å². The number of sulfonamides is 1. The fourth-order valence-corrected chi connectivity index (χ4v) is 4.99. The van der Waals surface area contributed by atoms with Crippen molar-refractivity contribution < 1.29 is 23.1 Å². The van der Waals surface area contributed by atoms with E-state index in [1.807, 2.05) is 0 Å². The summed E-state index contributed by atoms with van der Waals surface area (Å²) in [7, 11) is -2.60. The van der Waals surface area contributed by atoms with E-state index in [1.54, 1.807) is 19.1 Å². The number of benzene rings is 1. The number of carboxylic acid groups (broad SMARTS) is 1. The third kappa shape index (κ3) is 3.99. The number of nitrogens with one attached hydrogen (secondary N) is 1. The van der Waals surface area contributed by atoms with Crippen LogP contribution in [0.15, 0.2) is 40.6 Å². The van der Waals surface area contributed by atoms with Gasteiger partial charge in [-0.25, -0.2) is 13.2 Å². The molecule has 0 spiro atoms. The van der Waals surface area contributed by atoms with Crippen LogP contribution >= 0.6 is 11.3 Å². The predicted octanol–water partition coefficient (Wildman–Crippen LogP) is 2.47. The Labute approximate surface area is 150 Å². The van der Waals surface area contributed by atoms with Crippen molar-refractivity contribution in [3.63, 3.8) is 0 Å². The molecule has 2 aromatic rings. The quantitative estimate of drug-likeness (QED) is 0.799. The number of carbonyl (C=O) groups is 2. The highest BCUT2D eigenvalue weighted by Gasteiger charge is 2.27. The zero-order chi connectivity index (χ0) is 18.8. The van der Waals surface area contributed by atoms with Crippen molar-refractivity contribution >= 4 is 38.9 Å². The number of hydrogen-bond donors (Lipinski definition) is 2.